The number of hydrogen-bond acceptors (Lipinski definition) is 5. The van der Waals surface area contributed by atoms with Crippen LogP contribution in [0.15, 0.2) is 24.4 Å². The van der Waals surface area contributed by atoms with Crippen molar-refractivity contribution >= 4 is 42.6 Å². The number of rotatable bonds is 6. The Morgan fingerprint density at radius 3 is 2.81 bits per heavy atom. The van der Waals surface area contributed by atoms with E-state index in [9.17, 15) is 9.90 Å². The topological polar surface area (TPSA) is 88.8 Å². The molecule has 2 heterocycles. The van der Waals surface area contributed by atoms with Crippen LogP contribution in [-0.2, 0) is 11.2 Å². The number of aromatic nitrogens is 3. The molecule has 3 rings (SSSR count). The van der Waals surface area contributed by atoms with Gasteiger partial charge in [-0.3, -0.25) is 4.40 Å². The van der Waals surface area contributed by atoms with Crippen LogP contribution in [0.2, 0.25) is 10.0 Å². The van der Waals surface area contributed by atoms with Crippen molar-refractivity contribution in [1.29, 1.82) is 0 Å². The highest BCUT2D eigenvalue weighted by Gasteiger charge is 2.20. The van der Waals surface area contributed by atoms with Crippen molar-refractivity contribution in [2.45, 2.75) is 13.5 Å². The average Bonchev–Trinajstić information content (AvgIpc) is 3.00. The van der Waals surface area contributed by atoms with Gasteiger partial charge in [0.2, 0.25) is 5.78 Å². The molecule has 0 radical (unpaired) electrons. The first-order chi connectivity index (χ1) is 12.4. The van der Waals surface area contributed by atoms with Crippen molar-refractivity contribution in [1.82, 2.24) is 19.6 Å². The second kappa shape index (κ2) is 7.63. The molecule has 0 aliphatic heterocycles. The summed E-state index contributed by atoms with van der Waals surface area (Å²) in [6, 6.07) is 5.16. The number of aromatic carboxylic acids is 1. The van der Waals surface area contributed by atoms with Gasteiger partial charge in [-0.1, -0.05) is 23.2 Å². The normalized spacial score (nSPS) is 11.1. The number of nitrogens with zero attached hydrogens (tertiary/aromatic N) is 3. The Bertz CT molecular complexity index is 993. The van der Waals surface area contributed by atoms with Crippen molar-refractivity contribution in [3.8, 4) is 11.3 Å². The Labute approximate surface area is 160 Å². The number of carbonyl (C=O) groups is 1. The Hall–Kier alpha value is -2.13. The van der Waals surface area contributed by atoms with Gasteiger partial charge >= 0.3 is 13.6 Å². The summed E-state index contributed by atoms with van der Waals surface area (Å²) in [5, 5.41) is 13.4. The summed E-state index contributed by atoms with van der Waals surface area (Å²) in [6.45, 7) is 2.30. The van der Waals surface area contributed by atoms with Crippen LogP contribution in [-0.4, -0.2) is 40.2 Å². The summed E-state index contributed by atoms with van der Waals surface area (Å²) < 4.78 is 6.67. The fraction of sp³-hybridized carbons (Fsp3) is 0.188. The molecule has 26 heavy (non-hydrogen) atoms. The van der Waals surface area contributed by atoms with Gasteiger partial charge in [-0.15, -0.1) is 0 Å². The minimum Gasteiger partial charge on any atom is -0.476 e. The van der Waals surface area contributed by atoms with E-state index in [1.807, 2.05) is 6.92 Å². The zero-order chi connectivity index (χ0) is 18.8. The van der Waals surface area contributed by atoms with Crippen LogP contribution in [0.25, 0.3) is 17.0 Å². The van der Waals surface area contributed by atoms with E-state index < -0.39 is 5.97 Å². The van der Waals surface area contributed by atoms with E-state index in [4.69, 9.17) is 27.9 Å². The van der Waals surface area contributed by atoms with Crippen LogP contribution in [0.4, 0.5) is 0 Å². The fourth-order valence-electron chi connectivity index (χ4n) is 2.71. The van der Waals surface area contributed by atoms with Crippen molar-refractivity contribution in [3.05, 3.63) is 51.4 Å². The van der Waals surface area contributed by atoms with Crippen molar-refractivity contribution in [2.75, 3.05) is 7.11 Å². The second-order valence-corrected chi connectivity index (χ2v) is 6.45. The lowest BCUT2D eigenvalue weighted by Gasteiger charge is -2.16. The number of carboxylic acid groups (broad SMARTS) is 1. The number of carboxylic acids is 1. The third-order valence-corrected chi connectivity index (χ3v) is 4.42. The number of hydrogen-bond donors (Lipinski definition) is 2. The Kier molecular flexibility index (Phi) is 5.48. The first kappa shape index (κ1) is 18.7. The monoisotopic (exact) mass is 392 g/mol. The third-order valence-electron chi connectivity index (χ3n) is 3.87. The maximum atomic E-state index is 11.3. The molecule has 0 bridgehead atoms. The minimum atomic E-state index is -1.12. The van der Waals surface area contributed by atoms with E-state index in [0.29, 0.717) is 41.2 Å². The van der Waals surface area contributed by atoms with Crippen LogP contribution in [0.3, 0.4) is 0 Å². The van der Waals surface area contributed by atoms with Gasteiger partial charge in [0.05, 0.1) is 10.7 Å². The average molecular weight is 393 g/mol. The van der Waals surface area contributed by atoms with Gasteiger partial charge in [0, 0.05) is 41.7 Å². The molecule has 0 saturated carbocycles. The summed E-state index contributed by atoms with van der Waals surface area (Å²) in [5.41, 5.74) is 2.89. The lowest BCUT2D eigenvalue weighted by atomic mass is 10.0. The van der Waals surface area contributed by atoms with Crippen LogP contribution >= 0.6 is 23.2 Å². The van der Waals surface area contributed by atoms with Crippen molar-refractivity contribution < 1.29 is 14.6 Å². The summed E-state index contributed by atoms with van der Waals surface area (Å²) in [6.07, 6.45) is 1.43. The first-order valence-electron chi connectivity index (χ1n) is 7.69. The predicted molar refractivity (Wildman–Crippen MR) is 101 cm³/mol. The molecule has 0 spiro atoms. The van der Waals surface area contributed by atoms with Crippen LogP contribution in [0.5, 0.6) is 0 Å². The number of aryl methyl sites for hydroxylation is 1. The van der Waals surface area contributed by atoms with E-state index in [0.717, 1.165) is 5.56 Å². The van der Waals surface area contributed by atoms with E-state index >= 15 is 0 Å². The van der Waals surface area contributed by atoms with Gasteiger partial charge in [0.1, 0.15) is 0 Å². The van der Waals surface area contributed by atoms with Crippen molar-refractivity contribution in [2.24, 2.45) is 0 Å². The van der Waals surface area contributed by atoms with Gasteiger partial charge < -0.3 is 15.0 Å². The minimum absolute atomic E-state index is 0.0924. The van der Waals surface area contributed by atoms with E-state index in [2.05, 4.69) is 15.2 Å². The standard InChI is InChI=1S/C16H15BCl2N4O3/c1-8-11(6-20-17-26-2)14(10-4-3-9(18)5-12(10)19)23-7-13(15(24)25)22-16(23)21-8/h3-5,7,17,20H,6H2,1-2H3,(H,24,25). The Balaban J connectivity index is 2.29. The molecule has 10 heteroatoms. The first-order valence-corrected chi connectivity index (χ1v) is 8.45. The van der Waals surface area contributed by atoms with Gasteiger partial charge in [0.15, 0.2) is 5.69 Å². The zero-order valence-corrected chi connectivity index (χ0v) is 15.6. The third kappa shape index (κ3) is 3.54. The zero-order valence-electron chi connectivity index (χ0n) is 14.1. The maximum absolute atomic E-state index is 11.3. The fourth-order valence-corrected chi connectivity index (χ4v) is 3.21. The molecule has 0 aliphatic carbocycles. The summed E-state index contributed by atoms with van der Waals surface area (Å²) in [5.74, 6) is -0.836. The maximum Gasteiger partial charge on any atom is 0.360 e. The number of imidazole rings is 1. The molecule has 2 N–H and O–H groups in total. The molecule has 0 fully saturated rings. The summed E-state index contributed by atoms with van der Waals surface area (Å²) >= 11 is 12.4. The highest BCUT2D eigenvalue weighted by atomic mass is 35.5. The Morgan fingerprint density at radius 1 is 1.38 bits per heavy atom. The van der Waals surface area contributed by atoms with Crippen molar-refractivity contribution in [3.63, 3.8) is 0 Å². The van der Waals surface area contributed by atoms with E-state index in [-0.39, 0.29) is 11.5 Å². The molecule has 7 nitrogen and oxygen atoms in total. The molecule has 1 aromatic carbocycles. The molecule has 0 atom stereocenters. The highest BCUT2D eigenvalue weighted by molar-refractivity contribution is 6.36. The number of halogens is 2. The lowest BCUT2D eigenvalue weighted by Crippen LogP contribution is -2.22. The summed E-state index contributed by atoms with van der Waals surface area (Å²) in [7, 11) is 1.95. The molecule has 0 saturated heterocycles. The van der Waals surface area contributed by atoms with Crippen LogP contribution in [0, 0.1) is 6.92 Å². The molecule has 3 aromatic rings. The summed E-state index contributed by atoms with van der Waals surface area (Å²) in [4.78, 5) is 19.8. The molecular weight excluding hydrogens is 378 g/mol. The SMILES string of the molecule is COBNCc1c(C)nc2nc(C(=O)O)cn2c1-c1ccc(Cl)cc1Cl. The quantitative estimate of drug-likeness (QED) is 0.495. The molecule has 0 amide bonds. The Morgan fingerprint density at radius 2 is 2.15 bits per heavy atom. The molecule has 134 valence electrons. The second-order valence-electron chi connectivity index (χ2n) is 5.61. The van der Waals surface area contributed by atoms with Gasteiger partial charge in [-0.2, -0.15) is 0 Å². The number of nitrogens with one attached hydrogen (secondary N) is 1. The van der Waals surface area contributed by atoms with E-state index in [1.54, 1.807) is 29.7 Å². The molecule has 0 aliphatic rings. The van der Waals surface area contributed by atoms with Crippen LogP contribution < -0.4 is 5.23 Å². The van der Waals surface area contributed by atoms with Gasteiger partial charge in [-0.25, -0.2) is 14.8 Å². The largest absolute Gasteiger partial charge is 0.476 e. The predicted octanol–water partition coefficient (Wildman–Crippen LogP) is 2.71. The van der Waals surface area contributed by atoms with Gasteiger partial charge in [-0.05, 0) is 25.1 Å². The highest BCUT2D eigenvalue weighted by Crippen LogP contribution is 2.34. The molecule has 2 aromatic heterocycles. The molecular formula is C16H15BCl2N4O3. The van der Waals surface area contributed by atoms with Crippen LogP contribution in [0.1, 0.15) is 21.7 Å². The molecule has 0 unspecified atom stereocenters. The number of fused-ring (bicyclic) bond motifs is 1. The van der Waals surface area contributed by atoms with Gasteiger partial charge in [0.25, 0.3) is 0 Å². The lowest BCUT2D eigenvalue weighted by molar-refractivity contribution is 0.0691. The smallest absolute Gasteiger partial charge is 0.360 e. The van der Waals surface area contributed by atoms with E-state index in [1.165, 1.54) is 6.20 Å². The number of benzene rings is 1.